The Labute approximate surface area is 470 Å². The predicted molar refractivity (Wildman–Crippen MR) is 341 cm³/mol. The second-order valence-electron chi connectivity index (χ2n) is 22.0. The summed E-state index contributed by atoms with van der Waals surface area (Å²) in [6, 6.07) is 86.1. The molecule has 1 aliphatic heterocycles. The molecule has 0 saturated carbocycles. The summed E-state index contributed by atoms with van der Waals surface area (Å²) in [6.45, 7) is 8.35. The quantitative estimate of drug-likeness (QED) is 0.128. The average Bonchev–Trinajstić information content (AvgIpc) is 4.31. The number of para-hydroxylation sites is 4. The second-order valence-corrected chi connectivity index (χ2v) is 22.9. The molecule has 0 spiro atoms. The number of pyridine rings is 2. The summed E-state index contributed by atoms with van der Waals surface area (Å²) >= 11 is 3.62. The van der Waals surface area contributed by atoms with E-state index in [1.807, 2.05) is 6.07 Å². The highest BCUT2D eigenvalue weighted by Crippen LogP contribution is 2.41. The van der Waals surface area contributed by atoms with E-state index in [0.717, 1.165) is 54.2 Å². The number of rotatable bonds is 2. The molecule has 0 unspecified atom stereocenters. The van der Waals surface area contributed by atoms with Crippen molar-refractivity contribution in [3.05, 3.63) is 247 Å². The Morgan fingerprint density at radius 3 is 1.30 bits per heavy atom. The molecule has 1 saturated heterocycles. The van der Waals surface area contributed by atoms with Crippen molar-refractivity contribution < 1.29 is 9.31 Å². The number of fused-ring (bicyclic) bond motifs is 22. The Morgan fingerprint density at radius 1 is 0.350 bits per heavy atom. The fourth-order valence-corrected chi connectivity index (χ4v) is 12.8. The van der Waals surface area contributed by atoms with Gasteiger partial charge in [0.15, 0.2) is 0 Å². The van der Waals surface area contributed by atoms with Gasteiger partial charge in [-0.1, -0.05) is 204 Å². The van der Waals surface area contributed by atoms with E-state index in [4.69, 9.17) is 19.3 Å². The Hall–Kier alpha value is -8.92. The first-order chi connectivity index (χ1) is 39.1. The molecular formula is C72H52BBrN4O2. The van der Waals surface area contributed by atoms with Crippen LogP contribution in [0, 0.1) is 0 Å². The minimum Gasteiger partial charge on any atom is -0.399 e. The maximum Gasteiger partial charge on any atom is 0.494 e. The van der Waals surface area contributed by atoms with E-state index >= 15 is 0 Å². The van der Waals surface area contributed by atoms with Gasteiger partial charge in [0.2, 0.25) is 0 Å². The molecule has 6 nitrogen and oxygen atoms in total. The zero-order valence-electron chi connectivity index (χ0n) is 44.7. The van der Waals surface area contributed by atoms with E-state index in [1.165, 1.54) is 86.7 Å². The number of aromatic nitrogens is 4. The summed E-state index contributed by atoms with van der Waals surface area (Å²) in [6.07, 6.45) is 0. The van der Waals surface area contributed by atoms with Crippen molar-refractivity contribution >= 4 is 148 Å². The van der Waals surface area contributed by atoms with Crippen LogP contribution in [0.25, 0.3) is 131 Å². The fourth-order valence-electron chi connectivity index (χ4n) is 12.2. The molecule has 1 fully saturated rings. The molecule has 382 valence electrons. The van der Waals surface area contributed by atoms with Crippen molar-refractivity contribution in [2.24, 2.45) is 0 Å². The maximum atomic E-state index is 6.31. The molecule has 80 heavy (non-hydrogen) atoms. The highest BCUT2D eigenvalue weighted by atomic mass is 79.9. The summed E-state index contributed by atoms with van der Waals surface area (Å²) in [7, 11) is -0.381. The molecule has 0 aliphatic carbocycles. The van der Waals surface area contributed by atoms with E-state index in [9.17, 15) is 0 Å². The van der Waals surface area contributed by atoms with Gasteiger partial charge >= 0.3 is 7.12 Å². The van der Waals surface area contributed by atoms with Crippen molar-refractivity contribution in [1.82, 2.24) is 18.8 Å². The van der Waals surface area contributed by atoms with E-state index < -0.39 is 0 Å². The van der Waals surface area contributed by atoms with Crippen molar-refractivity contribution in [1.29, 1.82) is 0 Å². The Bertz CT molecular complexity index is 5180. The topological polar surface area (TPSA) is 53.1 Å². The molecule has 4 aromatic heterocycles. The fraction of sp³-hybridized carbons (Fsp3) is 0.0833. The van der Waals surface area contributed by atoms with Crippen molar-refractivity contribution in [2.75, 3.05) is 0 Å². The van der Waals surface area contributed by atoms with Crippen LogP contribution in [0.1, 0.15) is 27.7 Å². The van der Waals surface area contributed by atoms with Crippen molar-refractivity contribution in [2.45, 2.75) is 38.9 Å². The van der Waals surface area contributed by atoms with Crippen LogP contribution in [0.4, 0.5) is 0 Å². The largest absolute Gasteiger partial charge is 0.494 e. The summed E-state index contributed by atoms with van der Waals surface area (Å²) in [5.74, 6) is 0. The Morgan fingerprint density at radius 2 is 0.750 bits per heavy atom. The number of hydrogen-bond acceptors (Lipinski definition) is 4. The summed E-state index contributed by atoms with van der Waals surface area (Å²) in [5.41, 5.74) is 11.4. The first kappa shape index (κ1) is 48.2. The lowest BCUT2D eigenvalue weighted by Gasteiger charge is -2.32. The summed E-state index contributed by atoms with van der Waals surface area (Å²) in [4.78, 5) is 9.96. The zero-order chi connectivity index (χ0) is 53.9. The smallest absolute Gasteiger partial charge is 0.399 e. The van der Waals surface area contributed by atoms with Crippen molar-refractivity contribution in [3.8, 4) is 11.1 Å². The standard InChI is InChI=1S/C33H20N2.C25H23BN2O2.C14H9Br/c1-2-10-23-21(9-1)19-28(25-12-4-3-11-24(23)25)22-17-18-31-29(20-22)26-13-5-6-14-27(26)33-34-30-15-7-8-16-32(30)35(31)33;1-24(2)25(3,4)30-26(29-24)16-13-14-21-19(15-16)17-9-5-6-10-18(17)23-27-20-11-7-8-12-22(20)28(21)23;15-14-9-10-5-1-2-6-11(10)12-7-3-4-8-13(12)14/h1-20H;5-15H,1-4H3;1-9H. The van der Waals surface area contributed by atoms with Crippen LogP contribution in [0.5, 0.6) is 0 Å². The molecule has 5 heterocycles. The van der Waals surface area contributed by atoms with Crippen LogP contribution in [-0.2, 0) is 9.31 Å². The van der Waals surface area contributed by atoms with E-state index in [1.54, 1.807) is 0 Å². The van der Waals surface area contributed by atoms with Gasteiger partial charge in [-0.25, -0.2) is 9.97 Å². The number of nitrogens with zero attached hydrogens (tertiary/aromatic N) is 4. The third-order valence-corrected chi connectivity index (χ3v) is 17.5. The molecular weight excluding hydrogens is 1040 g/mol. The summed E-state index contributed by atoms with van der Waals surface area (Å²) in [5, 5.41) is 17.5. The minimum absolute atomic E-state index is 0.362. The first-order valence-corrected chi connectivity index (χ1v) is 28.1. The van der Waals surface area contributed by atoms with Crippen molar-refractivity contribution in [3.63, 3.8) is 0 Å². The molecule has 0 radical (unpaired) electrons. The highest BCUT2D eigenvalue weighted by Gasteiger charge is 2.51. The molecule has 12 aromatic carbocycles. The molecule has 0 N–H and O–H groups in total. The third kappa shape index (κ3) is 7.69. The monoisotopic (exact) mass is 1090 g/mol. The molecule has 0 bridgehead atoms. The molecule has 0 atom stereocenters. The van der Waals surface area contributed by atoms with Gasteiger partial charge in [-0.3, -0.25) is 8.80 Å². The van der Waals surface area contributed by atoms with Crippen LogP contribution in [-0.4, -0.2) is 37.1 Å². The Balaban J connectivity index is 0.000000111. The Kier molecular flexibility index (Phi) is 11.2. The molecule has 8 heteroatoms. The number of hydrogen-bond donors (Lipinski definition) is 0. The second kappa shape index (κ2) is 18.6. The highest BCUT2D eigenvalue weighted by molar-refractivity contribution is 9.10. The lowest BCUT2D eigenvalue weighted by atomic mass is 9.78. The SMILES string of the molecule is Brc1cc2ccccc2c2ccccc12.CC1(C)OB(c2ccc3c(c2)c2ccccc2c2nc4ccccc4n32)OC1(C)C.c1ccc2c(c1)cc(-c1ccc3c(c1)c1ccccc1c1nc4ccccc4n31)c1ccccc12. The third-order valence-electron chi connectivity index (χ3n) is 16.9. The predicted octanol–water partition coefficient (Wildman–Crippen LogP) is 18.6. The van der Waals surface area contributed by atoms with Crippen LogP contribution in [0.15, 0.2) is 247 Å². The van der Waals surface area contributed by atoms with Crippen LogP contribution in [0.3, 0.4) is 0 Å². The van der Waals surface area contributed by atoms with Crippen LogP contribution >= 0.6 is 15.9 Å². The van der Waals surface area contributed by atoms with Crippen LogP contribution < -0.4 is 5.46 Å². The molecule has 16 aromatic rings. The van der Waals surface area contributed by atoms with Gasteiger partial charge < -0.3 is 9.31 Å². The summed E-state index contributed by atoms with van der Waals surface area (Å²) < 4.78 is 18.4. The van der Waals surface area contributed by atoms with Gasteiger partial charge in [0.25, 0.3) is 0 Å². The van der Waals surface area contributed by atoms with Gasteiger partial charge in [0.05, 0.1) is 44.3 Å². The van der Waals surface area contributed by atoms with E-state index in [2.05, 4.69) is 289 Å². The van der Waals surface area contributed by atoms with Gasteiger partial charge in [-0.2, -0.15) is 0 Å². The minimum atomic E-state index is -0.381. The van der Waals surface area contributed by atoms with Gasteiger partial charge in [0.1, 0.15) is 11.3 Å². The first-order valence-electron chi connectivity index (χ1n) is 27.3. The lowest BCUT2D eigenvalue weighted by Crippen LogP contribution is -2.41. The molecule has 17 rings (SSSR count). The average molecular weight is 1100 g/mol. The normalized spacial score (nSPS) is 14.1. The number of benzene rings is 12. The van der Waals surface area contributed by atoms with Gasteiger partial charge in [-0.15, -0.1) is 0 Å². The zero-order valence-corrected chi connectivity index (χ0v) is 46.2. The lowest BCUT2D eigenvalue weighted by molar-refractivity contribution is 0.00578. The number of halogens is 1. The van der Waals surface area contributed by atoms with Crippen LogP contribution in [0.2, 0.25) is 0 Å². The molecule has 1 aliphatic rings. The molecule has 0 amide bonds. The number of imidazole rings is 2. The van der Waals surface area contributed by atoms with Gasteiger partial charge in [-0.05, 0) is 153 Å². The van der Waals surface area contributed by atoms with E-state index in [0.29, 0.717) is 0 Å². The maximum absolute atomic E-state index is 6.31. The van der Waals surface area contributed by atoms with Gasteiger partial charge in [0, 0.05) is 26.0 Å². The van der Waals surface area contributed by atoms with E-state index in [-0.39, 0.29) is 18.3 Å².